The van der Waals surface area contributed by atoms with Crippen LogP contribution in [0.25, 0.3) is 0 Å². The predicted molar refractivity (Wildman–Crippen MR) is 132 cm³/mol. The van der Waals surface area contributed by atoms with E-state index in [0.717, 1.165) is 12.1 Å². The molecule has 1 aliphatic heterocycles. The molecule has 0 aliphatic carbocycles. The molecule has 0 bridgehead atoms. The SMILES string of the molecule is O=C(CI)Nc1cc(CCC(=O)c2c(O)cc(O)cc2OC2OC(CO)C(O)C(O)C2O)ccc1O. The van der Waals surface area contributed by atoms with Gasteiger partial charge in [0, 0.05) is 18.6 Å². The Morgan fingerprint density at radius 3 is 2.39 bits per heavy atom. The number of benzene rings is 2. The molecule has 1 heterocycles. The first-order chi connectivity index (χ1) is 17.0. The van der Waals surface area contributed by atoms with E-state index in [2.05, 4.69) is 5.32 Å². The molecule has 1 aliphatic rings. The van der Waals surface area contributed by atoms with Gasteiger partial charge in [0.1, 0.15) is 53.0 Å². The van der Waals surface area contributed by atoms with Gasteiger partial charge in [0.2, 0.25) is 12.2 Å². The van der Waals surface area contributed by atoms with Crippen LogP contribution in [0.5, 0.6) is 23.0 Å². The van der Waals surface area contributed by atoms with E-state index in [1.165, 1.54) is 12.1 Å². The van der Waals surface area contributed by atoms with Crippen molar-refractivity contribution in [1.82, 2.24) is 0 Å². The van der Waals surface area contributed by atoms with Crippen LogP contribution in [0.15, 0.2) is 30.3 Å². The lowest BCUT2D eigenvalue weighted by Gasteiger charge is -2.39. The lowest BCUT2D eigenvalue weighted by Crippen LogP contribution is -2.60. The van der Waals surface area contributed by atoms with Crippen LogP contribution in [0.1, 0.15) is 22.3 Å². The number of halogens is 1. The van der Waals surface area contributed by atoms with Gasteiger partial charge in [-0.1, -0.05) is 28.7 Å². The van der Waals surface area contributed by atoms with Crippen LogP contribution < -0.4 is 10.1 Å². The Hall–Kier alpha value is -2.69. The van der Waals surface area contributed by atoms with E-state index in [9.17, 15) is 45.3 Å². The Morgan fingerprint density at radius 2 is 1.72 bits per heavy atom. The highest BCUT2D eigenvalue weighted by molar-refractivity contribution is 14.1. The molecule has 1 amide bonds. The molecule has 0 saturated carbocycles. The fraction of sp³-hybridized carbons (Fsp3) is 0.391. The maximum Gasteiger partial charge on any atom is 0.234 e. The molecule has 2 aromatic carbocycles. The number of rotatable bonds is 9. The van der Waals surface area contributed by atoms with Crippen LogP contribution in [0, 0.1) is 0 Å². The van der Waals surface area contributed by atoms with Crippen molar-refractivity contribution in [3.8, 4) is 23.0 Å². The Labute approximate surface area is 218 Å². The summed E-state index contributed by atoms with van der Waals surface area (Å²) in [6, 6.07) is 6.37. The van der Waals surface area contributed by atoms with Crippen molar-refractivity contribution >= 4 is 40.0 Å². The van der Waals surface area contributed by atoms with Crippen molar-refractivity contribution in [3.05, 3.63) is 41.5 Å². The van der Waals surface area contributed by atoms with Crippen molar-refractivity contribution in [3.63, 3.8) is 0 Å². The van der Waals surface area contributed by atoms with E-state index in [-0.39, 0.29) is 45.9 Å². The first kappa shape index (κ1) is 27.9. The minimum atomic E-state index is -1.77. The zero-order chi connectivity index (χ0) is 26.6. The van der Waals surface area contributed by atoms with E-state index >= 15 is 0 Å². The monoisotopic (exact) mass is 619 g/mol. The van der Waals surface area contributed by atoms with Gasteiger partial charge in [-0.3, -0.25) is 9.59 Å². The zero-order valence-corrected chi connectivity index (χ0v) is 20.9. The number of ether oxygens (including phenoxy) is 2. The number of aliphatic hydroxyl groups is 4. The van der Waals surface area contributed by atoms with Gasteiger partial charge in [-0.2, -0.15) is 0 Å². The molecule has 13 heteroatoms. The smallest absolute Gasteiger partial charge is 0.234 e. The lowest BCUT2D eigenvalue weighted by atomic mass is 9.98. The molecule has 1 fully saturated rings. The maximum absolute atomic E-state index is 13.0. The molecular formula is C23H26INO11. The molecule has 0 aromatic heterocycles. The van der Waals surface area contributed by atoms with Crippen LogP contribution >= 0.6 is 22.6 Å². The van der Waals surface area contributed by atoms with E-state index in [0.29, 0.717) is 5.56 Å². The second kappa shape index (κ2) is 12.0. The summed E-state index contributed by atoms with van der Waals surface area (Å²) in [5, 5.41) is 72.2. The highest BCUT2D eigenvalue weighted by atomic mass is 127. The van der Waals surface area contributed by atoms with Crippen molar-refractivity contribution in [2.45, 2.75) is 43.5 Å². The summed E-state index contributed by atoms with van der Waals surface area (Å²) in [6.07, 6.45) is -8.06. The van der Waals surface area contributed by atoms with Crippen molar-refractivity contribution in [2.75, 3.05) is 16.4 Å². The van der Waals surface area contributed by atoms with E-state index in [4.69, 9.17) is 9.47 Å². The quantitative estimate of drug-likeness (QED) is 0.0822. The van der Waals surface area contributed by atoms with Crippen LogP contribution in [-0.2, 0) is 16.0 Å². The van der Waals surface area contributed by atoms with E-state index < -0.39 is 54.6 Å². The second-order valence-corrected chi connectivity index (χ2v) is 8.87. The van der Waals surface area contributed by atoms with E-state index in [1.54, 1.807) is 6.07 Å². The Kier molecular flexibility index (Phi) is 9.32. The van der Waals surface area contributed by atoms with Gasteiger partial charge in [-0.15, -0.1) is 0 Å². The minimum Gasteiger partial charge on any atom is -0.508 e. The maximum atomic E-state index is 13.0. The second-order valence-electron chi connectivity index (χ2n) is 8.11. The Bertz CT molecular complexity index is 1110. The zero-order valence-electron chi connectivity index (χ0n) is 18.7. The molecule has 1 saturated heterocycles. The summed E-state index contributed by atoms with van der Waals surface area (Å²) in [5.41, 5.74) is 0.447. The summed E-state index contributed by atoms with van der Waals surface area (Å²) in [4.78, 5) is 24.7. The third kappa shape index (κ3) is 6.35. The molecule has 5 atom stereocenters. The summed E-state index contributed by atoms with van der Waals surface area (Å²) < 4.78 is 11.0. The van der Waals surface area contributed by atoms with Crippen LogP contribution in [0.2, 0.25) is 0 Å². The van der Waals surface area contributed by atoms with Crippen molar-refractivity contribution in [1.29, 1.82) is 0 Å². The fourth-order valence-electron chi connectivity index (χ4n) is 3.65. The molecule has 0 spiro atoms. The number of alkyl halides is 1. The third-order valence-corrected chi connectivity index (χ3v) is 6.23. The van der Waals surface area contributed by atoms with Gasteiger partial charge in [0.05, 0.1) is 16.7 Å². The van der Waals surface area contributed by atoms with Gasteiger partial charge in [0.15, 0.2) is 5.78 Å². The number of carbonyl (C=O) groups excluding carboxylic acids is 2. The van der Waals surface area contributed by atoms with Gasteiger partial charge < -0.3 is 50.5 Å². The number of hydrogen-bond donors (Lipinski definition) is 8. The highest BCUT2D eigenvalue weighted by Crippen LogP contribution is 2.36. The topological polar surface area (TPSA) is 206 Å². The molecule has 2 aromatic rings. The summed E-state index contributed by atoms with van der Waals surface area (Å²) in [5.74, 6) is -2.50. The number of hydrogen-bond acceptors (Lipinski definition) is 11. The number of phenols is 3. The van der Waals surface area contributed by atoms with Crippen molar-refractivity contribution < 1.29 is 54.8 Å². The third-order valence-electron chi connectivity index (χ3n) is 5.53. The standard InChI is InChI=1S/C23H26INO11/c24-8-18(31)25-12-5-10(1-3-13(12)28)2-4-14(29)19-15(30)6-11(27)7-16(19)35-23-22(34)21(33)20(32)17(9-26)36-23/h1,3,5-7,17,20-23,26-28,30,32-34H,2,4,8-9H2,(H,25,31). The molecule has 5 unspecified atom stereocenters. The number of carbonyl (C=O) groups is 2. The first-order valence-corrected chi connectivity index (χ1v) is 12.3. The first-order valence-electron chi connectivity index (χ1n) is 10.8. The number of anilines is 1. The number of aryl methyl sites for hydroxylation is 1. The molecule has 196 valence electrons. The molecule has 36 heavy (non-hydrogen) atoms. The van der Waals surface area contributed by atoms with Gasteiger partial charge in [-0.25, -0.2) is 0 Å². The van der Waals surface area contributed by atoms with E-state index in [1.807, 2.05) is 22.6 Å². The average molecular weight is 619 g/mol. The highest BCUT2D eigenvalue weighted by Gasteiger charge is 2.45. The average Bonchev–Trinajstić information content (AvgIpc) is 2.84. The normalized spacial score (nSPS) is 23.8. The van der Waals surface area contributed by atoms with Crippen LogP contribution in [0.4, 0.5) is 5.69 Å². The number of phenolic OH excluding ortho intramolecular Hbond substituents is 3. The molecule has 12 nitrogen and oxygen atoms in total. The summed E-state index contributed by atoms with van der Waals surface area (Å²) in [6.45, 7) is -0.700. The van der Waals surface area contributed by atoms with Gasteiger partial charge in [0.25, 0.3) is 0 Å². The molecule has 0 radical (unpaired) electrons. The number of amides is 1. The summed E-state index contributed by atoms with van der Waals surface area (Å²) in [7, 11) is 0. The van der Waals surface area contributed by atoms with Gasteiger partial charge >= 0.3 is 0 Å². The van der Waals surface area contributed by atoms with Crippen molar-refractivity contribution in [2.24, 2.45) is 0 Å². The number of aromatic hydroxyl groups is 3. The fourth-order valence-corrected chi connectivity index (χ4v) is 3.85. The minimum absolute atomic E-state index is 0.144. The number of nitrogens with one attached hydrogen (secondary N) is 1. The molecule has 8 N–H and O–H groups in total. The predicted octanol–water partition coefficient (Wildman–Crippen LogP) is 0.171. The number of Topliss-reactive ketones (excluding diaryl/α,β-unsaturated/α-hetero) is 1. The van der Waals surface area contributed by atoms with Gasteiger partial charge in [-0.05, 0) is 24.1 Å². The molecular weight excluding hydrogens is 593 g/mol. The Balaban J connectivity index is 1.80. The van der Waals surface area contributed by atoms with Crippen LogP contribution in [-0.4, -0.2) is 89.2 Å². The number of ketones is 1. The lowest BCUT2D eigenvalue weighted by molar-refractivity contribution is -0.277. The largest absolute Gasteiger partial charge is 0.508 e. The van der Waals surface area contributed by atoms with Crippen LogP contribution in [0.3, 0.4) is 0 Å². The molecule has 3 rings (SSSR count). The number of aliphatic hydroxyl groups excluding tert-OH is 4. The Morgan fingerprint density at radius 1 is 1.00 bits per heavy atom. The summed E-state index contributed by atoms with van der Waals surface area (Å²) >= 11 is 1.87.